The van der Waals surface area contributed by atoms with Gasteiger partial charge < -0.3 is 18.6 Å². The summed E-state index contributed by atoms with van der Waals surface area (Å²) < 4.78 is 7.32. The SMILES string of the molecule is c1ccc(-c2ccc3c(c2)c2ccccc2c2ccccc2c2cc(-c4ccccc4)ccc2n3-c2ccc(-c3ccc(-c4ccccc4)s3)cc2)cc1.c1ccc(-c2ccc3c(c2)c2ccccc2c2ccccc2c2cc(-c4ccccc4)ccc2n3-c2ccc(-c3ccc(N(c4ccccc4)c4ccc5c(c4)c4ccccc4n5-c4ccccc4)cc3)cc2)cc1. The second-order valence-electron chi connectivity index (χ2n) is 33.0. The monoisotopic (exact) mass is 1660 g/mol. The van der Waals surface area contributed by atoms with E-state index in [9.17, 15) is 0 Å². The number of anilines is 3. The van der Waals surface area contributed by atoms with Crippen molar-refractivity contribution in [1.29, 1.82) is 0 Å². The Morgan fingerprint density at radius 2 is 0.349 bits per heavy atom. The van der Waals surface area contributed by atoms with Crippen LogP contribution in [-0.4, -0.2) is 13.7 Å². The van der Waals surface area contributed by atoms with Crippen molar-refractivity contribution in [1.82, 2.24) is 13.7 Å². The summed E-state index contributed by atoms with van der Waals surface area (Å²) in [6.07, 6.45) is 0. The molecule has 24 rings (SSSR count). The fourth-order valence-corrected chi connectivity index (χ4v) is 20.3. The summed E-state index contributed by atoms with van der Waals surface area (Å²) in [5.41, 5.74) is 27.8. The lowest BCUT2D eigenvalue weighted by Crippen LogP contribution is -2.09. The van der Waals surface area contributed by atoms with Crippen LogP contribution in [0.25, 0.3) is 202 Å². The smallest absolute Gasteiger partial charge is 0.0542 e. The van der Waals surface area contributed by atoms with Gasteiger partial charge in [-0.2, -0.15) is 0 Å². The van der Waals surface area contributed by atoms with Crippen LogP contribution in [0.4, 0.5) is 17.1 Å². The molecule has 0 fully saturated rings. The number of para-hydroxylation sites is 3. The molecule has 0 saturated heterocycles. The molecule has 0 spiro atoms. The van der Waals surface area contributed by atoms with E-state index in [1.165, 1.54) is 152 Å². The lowest BCUT2D eigenvalue weighted by Gasteiger charge is -2.26. The van der Waals surface area contributed by atoms with Gasteiger partial charge in [0.25, 0.3) is 0 Å². The predicted molar refractivity (Wildman–Crippen MR) is 552 cm³/mol. The summed E-state index contributed by atoms with van der Waals surface area (Å²) >= 11 is 1.84. The van der Waals surface area contributed by atoms with E-state index in [-0.39, 0.29) is 0 Å². The highest BCUT2D eigenvalue weighted by Crippen LogP contribution is 2.45. The van der Waals surface area contributed by atoms with Crippen LogP contribution in [0, 0.1) is 0 Å². The molecule has 129 heavy (non-hydrogen) atoms. The topological polar surface area (TPSA) is 18.0 Å². The molecule has 0 aliphatic rings. The zero-order chi connectivity index (χ0) is 85.5. The molecule has 0 aliphatic carbocycles. The number of benzene rings is 20. The van der Waals surface area contributed by atoms with Gasteiger partial charge in [-0.25, -0.2) is 0 Å². The first-order chi connectivity index (χ1) is 64.0. The number of hydrogen-bond acceptors (Lipinski definition) is 2. The molecular formula is C124H84N4S. The molecule has 20 aromatic carbocycles. The first-order valence-electron chi connectivity index (χ1n) is 44.2. The second-order valence-corrected chi connectivity index (χ2v) is 34.1. The number of nitrogens with zero attached hydrogens (tertiary/aromatic N) is 4. The summed E-state index contributed by atoms with van der Waals surface area (Å²) in [6, 6.07) is 186. The van der Waals surface area contributed by atoms with Crippen LogP contribution in [0.15, 0.2) is 510 Å². The van der Waals surface area contributed by atoms with Crippen molar-refractivity contribution in [2.24, 2.45) is 0 Å². The molecule has 4 heterocycles. The normalized spacial score (nSPS) is 11.4. The zero-order valence-electron chi connectivity index (χ0n) is 70.7. The minimum absolute atomic E-state index is 1.08. The van der Waals surface area contributed by atoms with E-state index in [1.807, 2.05) is 11.3 Å². The van der Waals surface area contributed by atoms with Crippen LogP contribution in [-0.2, 0) is 0 Å². The standard InChI is InChI=1S/C72H49N3.C52H35NS/c1-5-19-50(20-6-1)54-37-44-70-66(47-54)63-29-15-13-27-61(63)62-28-14-16-30-64(62)67-48-55(51-21-7-2-8-22-51)38-45-71(67)75(70)59-41-35-53(36-42-59)52-33-39-58(40-34-52)73(56-23-9-3-10-24-56)60-43-46-72-68(49-60)65-31-17-18-32-69(65)74(72)57-25-11-4-12-26-57;1-4-14-36(15-5-1)40-26-30-49-47(34-40)45-22-12-10-20-43(45)44-21-11-13-23-46(44)48-35-41(37-16-6-2-7-17-37)27-31-50(48)53(49)42-28-24-39(25-29-42)52-33-32-51(54-52)38-18-8-3-9-19-38/h1-49H;1-35H. The molecule has 24 aromatic rings. The molecule has 4 aromatic heterocycles. The third-order valence-corrected chi connectivity index (χ3v) is 26.6. The van der Waals surface area contributed by atoms with Gasteiger partial charge in [-0.05, 0) is 255 Å². The minimum Gasteiger partial charge on any atom is -0.310 e. The van der Waals surface area contributed by atoms with Crippen LogP contribution < -0.4 is 4.90 Å². The maximum Gasteiger partial charge on any atom is 0.0542 e. The van der Waals surface area contributed by atoms with Crippen molar-refractivity contribution in [3.8, 4) is 93.6 Å². The lowest BCUT2D eigenvalue weighted by atomic mass is 9.98. The van der Waals surface area contributed by atoms with Crippen molar-refractivity contribution < 1.29 is 0 Å². The van der Waals surface area contributed by atoms with Gasteiger partial charge in [-0.15, -0.1) is 11.3 Å². The highest BCUT2D eigenvalue weighted by atomic mass is 32.1. The number of thiophene rings is 1. The molecule has 5 heteroatoms. The van der Waals surface area contributed by atoms with Crippen molar-refractivity contribution in [3.63, 3.8) is 0 Å². The van der Waals surface area contributed by atoms with Crippen LogP contribution in [0.3, 0.4) is 0 Å². The molecule has 0 aliphatic heterocycles. The first-order valence-corrected chi connectivity index (χ1v) is 45.0. The highest BCUT2D eigenvalue weighted by molar-refractivity contribution is 7.18. The predicted octanol–water partition coefficient (Wildman–Crippen LogP) is 34.7. The Kier molecular flexibility index (Phi) is 20.2. The van der Waals surface area contributed by atoms with Crippen molar-refractivity contribution >= 4 is 137 Å². The molecule has 0 N–H and O–H groups in total. The molecule has 606 valence electrons. The second kappa shape index (κ2) is 33.8. The van der Waals surface area contributed by atoms with Crippen LogP contribution in [0.1, 0.15) is 0 Å². The Bertz CT molecular complexity index is 8180. The van der Waals surface area contributed by atoms with Crippen molar-refractivity contribution in [2.45, 2.75) is 0 Å². The largest absolute Gasteiger partial charge is 0.310 e. The van der Waals surface area contributed by atoms with Gasteiger partial charge >= 0.3 is 0 Å². The summed E-state index contributed by atoms with van der Waals surface area (Å²) in [7, 11) is 0. The molecule has 0 radical (unpaired) electrons. The lowest BCUT2D eigenvalue weighted by molar-refractivity contribution is 1.17. The average Bonchev–Trinajstić information content (AvgIpc) is 1.74. The number of fused-ring (bicyclic) bond motifs is 17. The van der Waals surface area contributed by atoms with E-state index in [1.54, 1.807) is 0 Å². The van der Waals surface area contributed by atoms with Crippen LogP contribution in [0.5, 0.6) is 0 Å². The summed E-state index contributed by atoms with van der Waals surface area (Å²) in [6.45, 7) is 0. The third-order valence-electron chi connectivity index (χ3n) is 25.4. The van der Waals surface area contributed by atoms with Gasteiger partial charge in [0.05, 0.1) is 33.1 Å². The fourth-order valence-electron chi connectivity index (χ4n) is 19.3. The summed E-state index contributed by atoms with van der Waals surface area (Å²) in [4.78, 5) is 4.90. The van der Waals surface area contributed by atoms with Crippen LogP contribution >= 0.6 is 11.3 Å². The maximum absolute atomic E-state index is 2.48. The maximum atomic E-state index is 2.48. The zero-order valence-corrected chi connectivity index (χ0v) is 71.5. The van der Waals surface area contributed by atoms with Gasteiger partial charge in [-0.1, -0.05) is 364 Å². The van der Waals surface area contributed by atoms with E-state index in [2.05, 4.69) is 528 Å². The van der Waals surface area contributed by atoms with E-state index in [0.717, 1.165) is 67.3 Å². The van der Waals surface area contributed by atoms with Gasteiger partial charge in [0, 0.05) is 76.2 Å². The van der Waals surface area contributed by atoms with E-state index >= 15 is 0 Å². The average molecular weight is 1660 g/mol. The number of hydrogen-bond donors (Lipinski definition) is 0. The Morgan fingerprint density at radius 1 is 0.132 bits per heavy atom. The van der Waals surface area contributed by atoms with Gasteiger partial charge in [0.15, 0.2) is 0 Å². The van der Waals surface area contributed by atoms with E-state index in [0.29, 0.717) is 0 Å². The fraction of sp³-hybridized carbons (Fsp3) is 0. The molecule has 0 bridgehead atoms. The minimum atomic E-state index is 1.08. The molecule has 0 amide bonds. The van der Waals surface area contributed by atoms with Gasteiger partial charge in [0.2, 0.25) is 0 Å². The van der Waals surface area contributed by atoms with Gasteiger partial charge in [-0.3, -0.25) is 0 Å². The Labute approximate surface area is 753 Å². The van der Waals surface area contributed by atoms with Gasteiger partial charge in [0.1, 0.15) is 0 Å². The Balaban J connectivity index is 0.000000155. The molecular weight excluding hydrogens is 1580 g/mol. The number of aromatic nitrogens is 3. The van der Waals surface area contributed by atoms with E-state index < -0.39 is 0 Å². The Hall–Kier alpha value is -16.7. The number of rotatable bonds is 13. The van der Waals surface area contributed by atoms with E-state index in [4.69, 9.17) is 0 Å². The van der Waals surface area contributed by atoms with Crippen molar-refractivity contribution in [2.75, 3.05) is 4.90 Å². The summed E-state index contributed by atoms with van der Waals surface area (Å²) in [5, 5.41) is 16.8. The summed E-state index contributed by atoms with van der Waals surface area (Å²) in [5.74, 6) is 0. The third kappa shape index (κ3) is 14.5. The molecule has 0 saturated carbocycles. The quantitative estimate of drug-likeness (QED) is 0.113. The first kappa shape index (κ1) is 77.1. The molecule has 4 nitrogen and oxygen atoms in total. The molecule has 0 atom stereocenters. The molecule has 0 unspecified atom stereocenters. The highest BCUT2D eigenvalue weighted by Gasteiger charge is 2.22. The van der Waals surface area contributed by atoms with Crippen molar-refractivity contribution in [3.05, 3.63) is 510 Å². The van der Waals surface area contributed by atoms with Crippen LogP contribution in [0.2, 0.25) is 0 Å². The Morgan fingerprint density at radius 3 is 0.705 bits per heavy atom.